The van der Waals surface area contributed by atoms with Crippen LogP contribution < -0.4 is 14.4 Å². The first-order valence-corrected chi connectivity index (χ1v) is 13.9. The van der Waals surface area contributed by atoms with Gasteiger partial charge in [-0.05, 0) is 68.7 Å². The van der Waals surface area contributed by atoms with Gasteiger partial charge in [-0.3, -0.25) is 0 Å². The van der Waals surface area contributed by atoms with Crippen LogP contribution in [-0.4, -0.2) is 33.3 Å². The summed E-state index contributed by atoms with van der Waals surface area (Å²) in [7, 11) is -3.63. The van der Waals surface area contributed by atoms with E-state index in [-0.39, 0.29) is 32.9 Å². The first-order chi connectivity index (χ1) is 17.5. The molecule has 0 aliphatic rings. The molecule has 4 aromatic rings. The molecule has 186 valence electrons. The van der Waals surface area contributed by atoms with E-state index in [4.69, 9.17) is 13.7 Å². The molecule has 0 aliphatic carbocycles. The second-order valence-electron chi connectivity index (χ2n) is 7.11. The number of oxime groups is 1. The number of hydrogen-bond donors (Lipinski definition) is 2. The number of hydrogen-bond acceptors (Lipinski definition) is 9. The van der Waals surface area contributed by atoms with Crippen molar-refractivity contribution in [1.82, 2.24) is 10.3 Å². The molecular weight excluding hydrogens is 574 g/mol. The lowest BCUT2D eigenvalue weighted by molar-refractivity contribution is 0.297. The summed E-state index contributed by atoms with van der Waals surface area (Å²) in [5.41, 5.74) is 0.554. The number of nitrogens with one attached hydrogen (secondary N) is 1. The predicted molar refractivity (Wildman–Crippen MR) is 138 cm³/mol. The highest BCUT2D eigenvalue weighted by molar-refractivity contribution is 9.10. The molecule has 0 aliphatic heterocycles. The summed E-state index contributed by atoms with van der Waals surface area (Å²) in [5, 5.41) is 23.5. The third kappa shape index (κ3) is 6.87. The molecule has 0 radical (unpaired) electrons. The number of thioether (sulfide) groups is 1. The van der Waals surface area contributed by atoms with Crippen LogP contribution in [0.2, 0.25) is 0 Å². The van der Waals surface area contributed by atoms with Crippen molar-refractivity contribution in [3.63, 3.8) is 0 Å². The van der Waals surface area contributed by atoms with Crippen molar-refractivity contribution in [1.29, 1.82) is 0 Å². The van der Waals surface area contributed by atoms with Crippen molar-refractivity contribution in [2.24, 2.45) is 5.16 Å². The summed E-state index contributed by atoms with van der Waals surface area (Å²) >= 11 is 4.26. The van der Waals surface area contributed by atoms with Gasteiger partial charge in [-0.1, -0.05) is 53.3 Å². The van der Waals surface area contributed by atoms with Crippen molar-refractivity contribution in [2.45, 2.75) is 5.03 Å². The van der Waals surface area contributed by atoms with Gasteiger partial charge in [0, 0.05) is 11.4 Å². The smallest absolute Gasteiger partial charge is 0.416 e. The SMILES string of the molecule is O=P(CCSc1nonc1C(=NO)Nc1ccc(F)c(Br)c1)(Oc1ccccc1)Oc1ccccc1. The van der Waals surface area contributed by atoms with Crippen LogP contribution in [0.25, 0.3) is 0 Å². The highest BCUT2D eigenvalue weighted by Gasteiger charge is 2.29. The van der Waals surface area contributed by atoms with Gasteiger partial charge >= 0.3 is 7.60 Å². The molecule has 2 N–H and O–H groups in total. The monoisotopic (exact) mass is 592 g/mol. The summed E-state index contributed by atoms with van der Waals surface area (Å²) in [6.45, 7) is 0. The number of halogens is 2. The zero-order valence-corrected chi connectivity index (χ0v) is 21.7. The summed E-state index contributed by atoms with van der Waals surface area (Å²) in [6, 6.07) is 21.7. The first-order valence-electron chi connectivity index (χ1n) is 10.4. The summed E-state index contributed by atoms with van der Waals surface area (Å²) in [5.74, 6) is 0.562. The number of benzene rings is 3. The molecule has 1 aromatic heterocycles. The lowest BCUT2D eigenvalue weighted by Crippen LogP contribution is -2.15. The lowest BCUT2D eigenvalue weighted by atomic mass is 10.3. The van der Waals surface area contributed by atoms with E-state index in [1.807, 2.05) is 12.1 Å². The highest BCUT2D eigenvalue weighted by Crippen LogP contribution is 2.49. The summed E-state index contributed by atoms with van der Waals surface area (Å²) in [4.78, 5) is 0. The maximum Gasteiger partial charge on any atom is 0.431 e. The molecule has 3 aromatic carbocycles. The number of nitrogens with zero attached hydrogens (tertiary/aromatic N) is 3. The van der Waals surface area contributed by atoms with Gasteiger partial charge in [0.25, 0.3) is 0 Å². The molecule has 36 heavy (non-hydrogen) atoms. The van der Waals surface area contributed by atoms with Crippen LogP contribution in [0, 0.1) is 5.82 Å². The fourth-order valence-electron chi connectivity index (χ4n) is 2.91. The Morgan fingerprint density at radius 3 is 2.28 bits per heavy atom. The first kappa shape index (κ1) is 25.7. The second-order valence-corrected chi connectivity index (χ2v) is 11.1. The largest absolute Gasteiger partial charge is 0.431 e. The van der Waals surface area contributed by atoms with Crippen LogP contribution in [0.5, 0.6) is 11.5 Å². The fourth-order valence-corrected chi connectivity index (χ4v) is 6.20. The number of anilines is 1. The average molecular weight is 593 g/mol. The Balaban J connectivity index is 1.46. The minimum atomic E-state index is -3.63. The topological polar surface area (TPSA) is 119 Å². The quantitative estimate of drug-likeness (QED) is 0.0520. The Morgan fingerprint density at radius 1 is 1.06 bits per heavy atom. The third-order valence-corrected chi connectivity index (χ3v) is 8.15. The summed E-state index contributed by atoms with van der Waals surface area (Å²) < 4.78 is 43.8. The zero-order chi connectivity index (χ0) is 25.4. The van der Waals surface area contributed by atoms with E-state index < -0.39 is 13.4 Å². The fraction of sp³-hybridized carbons (Fsp3) is 0.0870. The van der Waals surface area contributed by atoms with E-state index in [1.54, 1.807) is 48.5 Å². The van der Waals surface area contributed by atoms with E-state index in [0.29, 0.717) is 17.2 Å². The number of aromatic nitrogens is 2. The molecule has 13 heteroatoms. The predicted octanol–water partition coefficient (Wildman–Crippen LogP) is 6.66. The van der Waals surface area contributed by atoms with Gasteiger partial charge in [0.15, 0.2) is 10.7 Å². The van der Waals surface area contributed by atoms with Crippen molar-refractivity contribution < 1.29 is 27.8 Å². The Bertz CT molecular complexity index is 1330. The Morgan fingerprint density at radius 2 is 1.69 bits per heavy atom. The Kier molecular flexibility index (Phi) is 8.63. The number of amidine groups is 1. The maximum atomic E-state index is 13.6. The van der Waals surface area contributed by atoms with Gasteiger partial charge < -0.3 is 19.6 Å². The summed E-state index contributed by atoms with van der Waals surface area (Å²) in [6.07, 6.45) is 0.0255. The van der Waals surface area contributed by atoms with Gasteiger partial charge in [0.2, 0.25) is 5.84 Å². The van der Waals surface area contributed by atoms with Gasteiger partial charge in [0.1, 0.15) is 17.3 Å². The van der Waals surface area contributed by atoms with Crippen molar-refractivity contribution in [3.8, 4) is 11.5 Å². The zero-order valence-electron chi connectivity index (χ0n) is 18.5. The molecule has 0 fully saturated rings. The van der Waals surface area contributed by atoms with Crippen LogP contribution in [0.4, 0.5) is 10.1 Å². The molecule has 0 amide bonds. The van der Waals surface area contributed by atoms with Gasteiger partial charge in [-0.2, -0.15) is 0 Å². The highest BCUT2D eigenvalue weighted by atomic mass is 79.9. The molecular formula is C23H19BrFN4O5PS. The molecule has 1 heterocycles. The molecule has 9 nitrogen and oxygen atoms in total. The van der Waals surface area contributed by atoms with Crippen molar-refractivity contribution in [3.05, 3.63) is 94.8 Å². The minimum absolute atomic E-state index is 0.0255. The third-order valence-electron chi connectivity index (χ3n) is 4.54. The maximum absolute atomic E-state index is 13.6. The van der Waals surface area contributed by atoms with E-state index in [1.165, 1.54) is 18.2 Å². The van der Waals surface area contributed by atoms with Gasteiger partial charge in [-0.25, -0.2) is 13.6 Å². The average Bonchev–Trinajstić information content (AvgIpc) is 3.34. The normalized spacial score (nSPS) is 11.8. The van der Waals surface area contributed by atoms with Crippen LogP contribution in [-0.2, 0) is 4.57 Å². The Hall–Kier alpha value is -3.34. The van der Waals surface area contributed by atoms with E-state index in [0.717, 1.165) is 11.8 Å². The van der Waals surface area contributed by atoms with Crippen molar-refractivity contribution >= 4 is 46.8 Å². The van der Waals surface area contributed by atoms with Crippen LogP contribution in [0.1, 0.15) is 5.69 Å². The standard InChI is InChI=1S/C23H19BrFN4O5PS/c24-19-15-16(11-12-20(19)25)26-22(27-30)21-23(29-34-28-21)36-14-13-35(31,32-17-7-3-1-4-8-17)33-18-9-5-2-6-10-18/h1-12,15,30H,13-14H2,(H,26,27). The molecule has 0 saturated carbocycles. The van der Waals surface area contributed by atoms with Gasteiger partial charge in [-0.15, -0.1) is 0 Å². The van der Waals surface area contributed by atoms with E-state index in [9.17, 15) is 14.2 Å². The van der Waals surface area contributed by atoms with Crippen LogP contribution >= 0.6 is 35.3 Å². The molecule has 0 unspecified atom stereocenters. The van der Waals surface area contributed by atoms with Gasteiger partial charge in [0.05, 0.1) is 10.6 Å². The van der Waals surface area contributed by atoms with Crippen LogP contribution in [0.15, 0.2) is 98.1 Å². The lowest BCUT2D eigenvalue weighted by Gasteiger charge is -2.20. The Labute approximate surface area is 218 Å². The van der Waals surface area contributed by atoms with E-state index in [2.05, 4.69) is 36.7 Å². The molecule has 0 bridgehead atoms. The molecule has 0 spiro atoms. The van der Waals surface area contributed by atoms with Crippen molar-refractivity contribution in [2.75, 3.05) is 17.2 Å². The molecule has 0 saturated heterocycles. The number of rotatable bonds is 10. The molecule has 4 rings (SSSR count). The molecule has 0 atom stereocenters. The van der Waals surface area contributed by atoms with Crippen LogP contribution in [0.3, 0.4) is 0 Å². The minimum Gasteiger partial charge on any atom is -0.416 e. The number of para-hydroxylation sites is 2. The van der Waals surface area contributed by atoms with E-state index >= 15 is 0 Å². The second kappa shape index (κ2) is 12.1.